The third-order valence-electron chi connectivity index (χ3n) is 5.35. The van der Waals surface area contributed by atoms with E-state index in [1.54, 1.807) is 14.2 Å². The highest BCUT2D eigenvalue weighted by Crippen LogP contribution is 2.31. The quantitative estimate of drug-likeness (QED) is 0.526. The van der Waals surface area contributed by atoms with Crippen LogP contribution in [0.25, 0.3) is 0 Å². The second kappa shape index (κ2) is 11.2. The molecule has 0 aliphatic carbocycles. The fourth-order valence-corrected chi connectivity index (χ4v) is 4.19. The Morgan fingerprint density at radius 2 is 1.81 bits per heavy atom. The van der Waals surface area contributed by atoms with Crippen LogP contribution in [0.5, 0.6) is 0 Å². The molecule has 0 radical (unpaired) electrons. The van der Waals surface area contributed by atoms with E-state index in [0.29, 0.717) is 12.3 Å². The number of carbonyl (C=O) groups excluding carboxylic acids is 1. The zero-order chi connectivity index (χ0) is 18.9. The van der Waals surface area contributed by atoms with Crippen LogP contribution in [0, 0.1) is 5.92 Å². The van der Waals surface area contributed by atoms with Gasteiger partial charge in [0.15, 0.2) is 0 Å². The maximum Gasteiger partial charge on any atom is 0.308 e. The van der Waals surface area contributed by atoms with E-state index in [1.807, 2.05) is 0 Å². The highest BCUT2D eigenvalue weighted by atomic mass is 16.7. The zero-order valence-electron chi connectivity index (χ0n) is 16.8. The fourth-order valence-electron chi connectivity index (χ4n) is 4.19. The third-order valence-corrected chi connectivity index (χ3v) is 5.35. The van der Waals surface area contributed by atoms with Gasteiger partial charge in [0.1, 0.15) is 12.9 Å². The molecule has 0 N–H and O–H groups in total. The standard InChI is InChI=1S/C20H36O6/c1-5-6-15-9-16(23-4)7-14(2)8-18-10-17(24-13-22-3)11-19(25-18)12-20(21)26-15/h14-19H,5-13H2,1-4H3/t14-,15-,16-,17-,18+,19+/m0/s1. The molecule has 6 atom stereocenters. The van der Waals surface area contributed by atoms with Crippen molar-refractivity contribution in [1.82, 2.24) is 0 Å². The second-order valence-electron chi connectivity index (χ2n) is 7.82. The molecule has 0 aromatic carbocycles. The molecule has 6 heteroatoms. The van der Waals surface area contributed by atoms with Crippen molar-refractivity contribution < 1.29 is 28.5 Å². The van der Waals surface area contributed by atoms with Crippen LogP contribution in [0.15, 0.2) is 0 Å². The summed E-state index contributed by atoms with van der Waals surface area (Å²) in [6.07, 6.45) is 6.41. The first-order chi connectivity index (χ1) is 12.5. The first-order valence-corrected chi connectivity index (χ1v) is 10.0. The maximum atomic E-state index is 12.5. The molecule has 152 valence electrons. The molecular formula is C20H36O6. The minimum absolute atomic E-state index is 0.0614. The lowest BCUT2D eigenvalue weighted by Crippen LogP contribution is -2.40. The Kier molecular flexibility index (Phi) is 9.33. The van der Waals surface area contributed by atoms with Gasteiger partial charge in [-0.15, -0.1) is 0 Å². The number of hydrogen-bond donors (Lipinski definition) is 0. The van der Waals surface area contributed by atoms with Crippen LogP contribution < -0.4 is 0 Å². The van der Waals surface area contributed by atoms with Crippen molar-refractivity contribution in [3.05, 3.63) is 0 Å². The van der Waals surface area contributed by atoms with Gasteiger partial charge in [0.05, 0.1) is 30.8 Å². The Morgan fingerprint density at radius 1 is 1.04 bits per heavy atom. The number of carbonyl (C=O) groups is 1. The largest absolute Gasteiger partial charge is 0.462 e. The van der Waals surface area contributed by atoms with E-state index >= 15 is 0 Å². The Morgan fingerprint density at radius 3 is 2.50 bits per heavy atom. The van der Waals surface area contributed by atoms with E-state index in [-0.39, 0.29) is 49.7 Å². The van der Waals surface area contributed by atoms with Crippen molar-refractivity contribution in [3.8, 4) is 0 Å². The average Bonchev–Trinajstić information content (AvgIpc) is 2.58. The Labute approximate surface area is 157 Å². The molecule has 0 amide bonds. The van der Waals surface area contributed by atoms with Gasteiger partial charge in [-0.05, 0) is 31.6 Å². The predicted octanol–water partition coefficient (Wildman–Crippen LogP) is 3.46. The molecule has 2 heterocycles. The van der Waals surface area contributed by atoms with E-state index in [0.717, 1.165) is 38.5 Å². The van der Waals surface area contributed by atoms with Crippen LogP contribution >= 0.6 is 0 Å². The summed E-state index contributed by atoms with van der Waals surface area (Å²) in [6.45, 7) is 4.63. The average molecular weight is 373 g/mol. The number of cyclic esters (lactones) is 1. The molecule has 2 saturated heterocycles. The van der Waals surface area contributed by atoms with Crippen molar-refractivity contribution in [1.29, 1.82) is 0 Å². The van der Waals surface area contributed by atoms with E-state index < -0.39 is 0 Å². The Balaban J connectivity index is 2.08. The van der Waals surface area contributed by atoms with Crippen LogP contribution in [0.1, 0.15) is 65.2 Å². The predicted molar refractivity (Wildman–Crippen MR) is 97.9 cm³/mol. The lowest BCUT2D eigenvalue weighted by molar-refractivity contribution is -0.171. The molecule has 0 aromatic rings. The molecule has 0 aromatic heterocycles. The van der Waals surface area contributed by atoms with Crippen molar-refractivity contribution >= 4 is 5.97 Å². The molecule has 2 fully saturated rings. The molecule has 0 saturated carbocycles. The van der Waals surface area contributed by atoms with Gasteiger partial charge >= 0.3 is 5.97 Å². The van der Waals surface area contributed by atoms with E-state index in [1.165, 1.54) is 0 Å². The van der Waals surface area contributed by atoms with E-state index in [9.17, 15) is 4.79 Å². The van der Waals surface area contributed by atoms with Gasteiger partial charge in [-0.1, -0.05) is 20.3 Å². The van der Waals surface area contributed by atoms with Crippen molar-refractivity contribution in [3.63, 3.8) is 0 Å². The van der Waals surface area contributed by atoms with Crippen molar-refractivity contribution in [2.24, 2.45) is 5.92 Å². The minimum atomic E-state index is -0.178. The minimum Gasteiger partial charge on any atom is -0.462 e. The Hall–Kier alpha value is -0.690. The monoisotopic (exact) mass is 372 g/mol. The topological polar surface area (TPSA) is 63.2 Å². The smallest absolute Gasteiger partial charge is 0.308 e. The third kappa shape index (κ3) is 7.14. The summed E-state index contributed by atoms with van der Waals surface area (Å²) < 4.78 is 28.5. The fraction of sp³-hybridized carbons (Fsp3) is 0.950. The summed E-state index contributed by atoms with van der Waals surface area (Å²) in [5.41, 5.74) is 0. The molecule has 0 unspecified atom stereocenters. The molecule has 2 bridgehead atoms. The van der Waals surface area contributed by atoms with Crippen molar-refractivity contribution in [2.45, 2.75) is 95.7 Å². The first-order valence-electron chi connectivity index (χ1n) is 10.0. The summed E-state index contributed by atoms with van der Waals surface area (Å²) in [6, 6.07) is 0. The van der Waals surface area contributed by atoms with Gasteiger partial charge in [0, 0.05) is 27.1 Å². The number of ether oxygens (including phenoxy) is 5. The molecule has 26 heavy (non-hydrogen) atoms. The molecule has 0 spiro atoms. The molecule has 6 nitrogen and oxygen atoms in total. The first kappa shape index (κ1) is 21.6. The van der Waals surface area contributed by atoms with Crippen LogP contribution in [0.4, 0.5) is 0 Å². The summed E-state index contributed by atoms with van der Waals surface area (Å²) >= 11 is 0. The second-order valence-corrected chi connectivity index (χ2v) is 7.82. The van der Waals surface area contributed by atoms with Gasteiger partial charge in [0.25, 0.3) is 0 Å². The van der Waals surface area contributed by atoms with Gasteiger partial charge in [0.2, 0.25) is 0 Å². The van der Waals surface area contributed by atoms with Crippen LogP contribution in [-0.4, -0.2) is 57.5 Å². The summed E-state index contributed by atoms with van der Waals surface area (Å²) in [5, 5.41) is 0. The maximum absolute atomic E-state index is 12.5. The number of methoxy groups -OCH3 is 2. The number of rotatable bonds is 6. The lowest BCUT2D eigenvalue weighted by atomic mass is 9.89. The normalized spacial score (nSPS) is 36.7. The van der Waals surface area contributed by atoms with E-state index in [4.69, 9.17) is 23.7 Å². The summed E-state index contributed by atoms with van der Waals surface area (Å²) in [7, 11) is 3.37. The molecule has 2 aliphatic heterocycles. The highest BCUT2D eigenvalue weighted by molar-refractivity contribution is 5.70. The zero-order valence-corrected chi connectivity index (χ0v) is 16.8. The van der Waals surface area contributed by atoms with Crippen molar-refractivity contribution in [2.75, 3.05) is 21.0 Å². The van der Waals surface area contributed by atoms with Crippen LogP contribution in [0.2, 0.25) is 0 Å². The molecular weight excluding hydrogens is 336 g/mol. The summed E-state index contributed by atoms with van der Waals surface area (Å²) in [5.74, 6) is 0.298. The molecule has 2 aliphatic rings. The van der Waals surface area contributed by atoms with Gasteiger partial charge < -0.3 is 23.7 Å². The van der Waals surface area contributed by atoms with Gasteiger partial charge in [-0.3, -0.25) is 4.79 Å². The van der Waals surface area contributed by atoms with Crippen LogP contribution in [-0.2, 0) is 28.5 Å². The van der Waals surface area contributed by atoms with E-state index in [2.05, 4.69) is 13.8 Å². The number of hydrogen-bond acceptors (Lipinski definition) is 6. The molecule has 2 rings (SSSR count). The lowest BCUT2D eigenvalue weighted by Gasteiger charge is -2.37. The SMILES string of the molecule is CCC[C@H]1C[C@@H](OC)C[C@H](C)C[C@@H]2C[C@H](OCOC)C[C@H](CC(=O)O1)O2. The number of fused-ring (bicyclic) bond motifs is 2. The van der Waals surface area contributed by atoms with Crippen LogP contribution in [0.3, 0.4) is 0 Å². The van der Waals surface area contributed by atoms with Gasteiger partial charge in [-0.2, -0.15) is 0 Å². The van der Waals surface area contributed by atoms with Gasteiger partial charge in [-0.25, -0.2) is 0 Å². The number of esters is 1. The Bertz CT molecular complexity index is 415. The highest BCUT2D eigenvalue weighted by Gasteiger charge is 2.34. The summed E-state index contributed by atoms with van der Waals surface area (Å²) in [4.78, 5) is 12.5.